The molecule has 0 saturated carbocycles. The lowest BCUT2D eigenvalue weighted by molar-refractivity contribution is -0.137. The van der Waals surface area contributed by atoms with Gasteiger partial charge in [0.05, 0.1) is 22.3 Å². The van der Waals surface area contributed by atoms with Gasteiger partial charge in [-0.2, -0.15) is 13.2 Å². The number of nitrogens with one attached hydrogen (secondary N) is 1. The number of nitrogens with zero attached hydrogens (tertiary/aromatic N) is 1. The first-order valence-corrected chi connectivity index (χ1v) is 10.5. The predicted molar refractivity (Wildman–Crippen MR) is 125 cm³/mol. The molecule has 0 spiro atoms. The Kier molecular flexibility index (Phi) is 5.70. The van der Waals surface area contributed by atoms with Gasteiger partial charge in [-0.3, -0.25) is 4.79 Å². The molecule has 0 aliphatic rings. The van der Waals surface area contributed by atoms with E-state index >= 15 is 0 Å². The second kappa shape index (κ2) is 8.35. The van der Waals surface area contributed by atoms with Gasteiger partial charge >= 0.3 is 6.18 Å². The summed E-state index contributed by atoms with van der Waals surface area (Å²) < 4.78 is 39.2. The van der Waals surface area contributed by atoms with Gasteiger partial charge in [-0.25, -0.2) is 4.98 Å². The number of rotatable bonds is 3. The smallest absolute Gasteiger partial charge is 0.322 e. The van der Waals surface area contributed by atoms with Crippen LogP contribution in [0.4, 0.5) is 18.9 Å². The fourth-order valence-electron chi connectivity index (χ4n) is 3.62. The molecule has 6 heteroatoms. The van der Waals surface area contributed by atoms with Gasteiger partial charge in [0.2, 0.25) is 0 Å². The Balaban J connectivity index is 1.74. The first kappa shape index (κ1) is 22.5. The molecule has 3 nitrogen and oxygen atoms in total. The summed E-state index contributed by atoms with van der Waals surface area (Å²) in [5.41, 5.74) is 2.87. The van der Waals surface area contributed by atoms with E-state index in [2.05, 4.69) is 26.1 Å². The highest BCUT2D eigenvalue weighted by molar-refractivity contribution is 6.13. The van der Waals surface area contributed by atoms with Crippen LogP contribution in [0.1, 0.15) is 42.3 Å². The predicted octanol–water partition coefficient (Wildman–Crippen LogP) is 7.47. The molecule has 0 saturated heterocycles. The van der Waals surface area contributed by atoms with Crippen molar-refractivity contribution in [3.8, 4) is 11.3 Å². The fourth-order valence-corrected chi connectivity index (χ4v) is 3.62. The molecule has 3 aromatic carbocycles. The molecule has 0 aliphatic carbocycles. The van der Waals surface area contributed by atoms with E-state index in [4.69, 9.17) is 4.98 Å². The third-order valence-electron chi connectivity index (χ3n) is 5.46. The van der Waals surface area contributed by atoms with Crippen LogP contribution in [0.15, 0.2) is 78.9 Å². The summed E-state index contributed by atoms with van der Waals surface area (Å²) in [7, 11) is 0. The van der Waals surface area contributed by atoms with Crippen LogP contribution in [0.2, 0.25) is 0 Å². The molecule has 1 aromatic heterocycles. The number of alkyl halides is 3. The highest BCUT2D eigenvalue weighted by Gasteiger charge is 2.30. The van der Waals surface area contributed by atoms with Crippen molar-refractivity contribution < 1.29 is 18.0 Å². The van der Waals surface area contributed by atoms with Crippen molar-refractivity contribution in [3.63, 3.8) is 0 Å². The van der Waals surface area contributed by atoms with E-state index in [1.165, 1.54) is 17.7 Å². The van der Waals surface area contributed by atoms with Crippen molar-refractivity contribution >= 4 is 22.5 Å². The van der Waals surface area contributed by atoms with E-state index in [0.29, 0.717) is 22.2 Å². The number of carbonyl (C=O) groups is 1. The average molecular weight is 448 g/mol. The number of para-hydroxylation sites is 1. The Morgan fingerprint density at radius 2 is 1.52 bits per heavy atom. The molecule has 168 valence electrons. The molecule has 4 aromatic rings. The van der Waals surface area contributed by atoms with E-state index in [-0.39, 0.29) is 11.1 Å². The maximum Gasteiger partial charge on any atom is 0.416 e. The zero-order valence-electron chi connectivity index (χ0n) is 18.5. The Bertz CT molecular complexity index is 1320. The maximum atomic E-state index is 13.1. The van der Waals surface area contributed by atoms with Gasteiger partial charge in [-0.15, -0.1) is 0 Å². The van der Waals surface area contributed by atoms with Gasteiger partial charge < -0.3 is 5.32 Å². The lowest BCUT2D eigenvalue weighted by atomic mass is 9.86. The first-order chi connectivity index (χ1) is 15.5. The van der Waals surface area contributed by atoms with Gasteiger partial charge in [0.15, 0.2) is 0 Å². The monoisotopic (exact) mass is 448 g/mol. The van der Waals surface area contributed by atoms with Crippen LogP contribution in [-0.4, -0.2) is 10.9 Å². The van der Waals surface area contributed by atoms with E-state index in [1.807, 2.05) is 36.4 Å². The minimum atomic E-state index is -4.49. The molecule has 4 rings (SSSR count). The second-order valence-corrected chi connectivity index (χ2v) is 8.93. The third-order valence-corrected chi connectivity index (χ3v) is 5.46. The van der Waals surface area contributed by atoms with Crippen LogP contribution in [0, 0.1) is 0 Å². The number of hydrogen-bond acceptors (Lipinski definition) is 2. The molecule has 0 fully saturated rings. The zero-order chi connectivity index (χ0) is 23.8. The average Bonchev–Trinajstić information content (AvgIpc) is 2.77. The quantitative estimate of drug-likeness (QED) is 0.353. The molecule has 0 radical (unpaired) electrons. The van der Waals surface area contributed by atoms with E-state index < -0.39 is 17.6 Å². The Hall–Kier alpha value is -3.67. The number of fused-ring (bicyclic) bond motifs is 1. The van der Waals surface area contributed by atoms with E-state index in [1.54, 1.807) is 18.2 Å². The number of pyridine rings is 1. The maximum absolute atomic E-state index is 13.1. The highest BCUT2D eigenvalue weighted by atomic mass is 19.4. The summed E-state index contributed by atoms with van der Waals surface area (Å²) in [5, 5.41) is 3.23. The Labute approximate surface area is 190 Å². The van der Waals surface area contributed by atoms with Gasteiger partial charge in [0.1, 0.15) is 0 Å². The Morgan fingerprint density at radius 3 is 2.18 bits per heavy atom. The van der Waals surface area contributed by atoms with Crippen molar-refractivity contribution in [2.75, 3.05) is 5.32 Å². The summed E-state index contributed by atoms with van der Waals surface area (Å²) in [6, 6.07) is 21.5. The van der Waals surface area contributed by atoms with Crippen LogP contribution < -0.4 is 5.32 Å². The van der Waals surface area contributed by atoms with Crippen molar-refractivity contribution in [3.05, 3.63) is 95.6 Å². The van der Waals surface area contributed by atoms with Crippen LogP contribution in [0.25, 0.3) is 22.2 Å². The molecule has 0 bridgehead atoms. The summed E-state index contributed by atoms with van der Waals surface area (Å²) in [4.78, 5) is 17.8. The van der Waals surface area contributed by atoms with Crippen molar-refractivity contribution in [2.24, 2.45) is 0 Å². The number of benzene rings is 3. The number of aromatic nitrogens is 1. The molecule has 0 aliphatic heterocycles. The number of amides is 1. The van der Waals surface area contributed by atoms with Crippen molar-refractivity contribution in [1.82, 2.24) is 4.98 Å². The normalized spacial score (nSPS) is 12.1. The molecular weight excluding hydrogens is 425 g/mol. The van der Waals surface area contributed by atoms with Gasteiger partial charge in [-0.1, -0.05) is 69.3 Å². The number of anilines is 1. The van der Waals surface area contributed by atoms with E-state index in [9.17, 15) is 18.0 Å². The van der Waals surface area contributed by atoms with E-state index in [0.717, 1.165) is 17.7 Å². The molecule has 1 heterocycles. The minimum Gasteiger partial charge on any atom is -0.322 e. The number of halogens is 3. The second-order valence-electron chi connectivity index (χ2n) is 8.93. The molecular formula is C27H23F3N2O. The van der Waals surface area contributed by atoms with Gasteiger partial charge in [0, 0.05) is 16.6 Å². The third kappa shape index (κ3) is 4.90. The Morgan fingerprint density at radius 1 is 0.818 bits per heavy atom. The summed E-state index contributed by atoms with van der Waals surface area (Å²) >= 11 is 0. The number of hydrogen-bond donors (Lipinski definition) is 1. The fraction of sp³-hybridized carbons (Fsp3) is 0.185. The van der Waals surface area contributed by atoms with Crippen molar-refractivity contribution in [1.29, 1.82) is 0 Å². The largest absolute Gasteiger partial charge is 0.416 e. The lowest BCUT2D eigenvalue weighted by Gasteiger charge is -2.19. The van der Waals surface area contributed by atoms with Crippen LogP contribution >= 0.6 is 0 Å². The molecule has 1 amide bonds. The summed E-state index contributed by atoms with van der Waals surface area (Å²) in [6.45, 7) is 6.39. The molecule has 1 N–H and O–H groups in total. The van der Waals surface area contributed by atoms with Gasteiger partial charge in [0.25, 0.3) is 5.91 Å². The SMILES string of the molecule is CC(C)(C)c1ccc(-c2cc(C(=O)Nc3cccc(C(F)(F)F)c3)c3ccccc3n2)cc1. The molecule has 33 heavy (non-hydrogen) atoms. The standard InChI is InChI=1S/C27H23F3N2O/c1-26(2,3)18-13-11-17(12-14-18)24-16-22(21-9-4-5-10-23(21)32-24)25(33)31-20-8-6-7-19(15-20)27(28,29)30/h4-16H,1-3H3,(H,31,33). The van der Waals surface area contributed by atoms with Gasteiger partial charge in [-0.05, 0) is 41.3 Å². The van der Waals surface area contributed by atoms with Crippen LogP contribution in [0.5, 0.6) is 0 Å². The van der Waals surface area contributed by atoms with Crippen LogP contribution in [-0.2, 0) is 11.6 Å². The summed E-state index contributed by atoms with van der Waals surface area (Å²) in [5.74, 6) is -0.500. The lowest BCUT2D eigenvalue weighted by Crippen LogP contribution is -2.14. The topological polar surface area (TPSA) is 42.0 Å². The van der Waals surface area contributed by atoms with Crippen molar-refractivity contribution in [2.45, 2.75) is 32.4 Å². The molecule has 0 atom stereocenters. The van der Waals surface area contributed by atoms with Crippen LogP contribution in [0.3, 0.4) is 0 Å². The highest BCUT2D eigenvalue weighted by Crippen LogP contribution is 2.32. The minimum absolute atomic E-state index is 0.00530. The first-order valence-electron chi connectivity index (χ1n) is 10.5. The zero-order valence-corrected chi connectivity index (χ0v) is 18.5. The summed E-state index contributed by atoms with van der Waals surface area (Å²) in [6.07, 6.45) is -4.49. The molecule has 0 unspecified atom stereocenters. The number of carbonyl (C=O) groups excluding carboxylic acids is 1.